The lowest BCUT2D eigenvalue weighted by atomic mass is 10.0. The molecule has 0 bridgehead atoms. The standard InChI is InChI=1S/C25H42N10O6/c1-13(2)19(26)22(38)32-14(3)23(39)35-9-5-7-18(35)21(37)33-16(6-4-8-30-25(27)28)20(36)34-17(24(40)41)10-15-11-29-12-31-15/h11-14,16-19H,4-10,26H2,1-3H3,(H,29,31)(H,32,38)(H,33,37)(H,34,36)(H,40,41)(H4,27,28,30)/t14-,16-,17-,18-,19-/m0/s1. The molecule has 16 heteroatoms. The first-order chi connectivity index (χ1) is 19.3. The number of likely N-dealkylation sites (tertiary alicyclic amines) is 1. The summed E-state index contributed by atoms with van der Waals surface area (Å²) in [6, 6.07) is -5.00. The Balaban J connectivity index is 2.12. The smallest absolute Gasteiger partial charge is 0.326 e. The summed E-state index contributed by atoms with van der Waals surface area (Å²) in [5.41, 5.74) is 17.1. The van der Waals surface area contributed by atoms with Gasteiger partial charge in [0, 0.05) is 31.4 Å². The minimum Gasteiger partial charge on any atom is -0.480 e. The van der Waals surface area contributed by atoms with Crippen LogP contribution in [0.15, 0.2) is 17.5 Å². The Bertz CT molecular complexity index is 1090. The van der Waals surface area contributed by atoms with Gasteiger partial charge in [0.2, 0.25) is 23.6 Å². The molecule has 0 unspecified atom stereocenters. The first-order valence-electron chi connectivity index (χ1n) is 13.5. The topological polar surface area (TPSA) is 264 Å². The van der Waals surface area contributed by atoms with Crippen molar-refractivity contribution in [2.75, 3.05) is 13.1 Å². The number of aromatic amines is 1. The summed E-state index contributed by atoms with van der Waals surface area (Å²) in [6.45, 7) is 5.57. The normalized spacial score (nSPS) is 17.7. The number of nitrogens with two attached hydrogens (primary N) is 3. The number of carbonyl (C=O) groups is 5. The maximum atomic E-state index is 13.3. The van der Waals surface area contributed by atoms with Crippen LogP contribution in [0.3, 0.4) is 0 Å². The van der Waals surface area contributed by atoms with Gasteiger partial charge in [0.1, 0.15) is 24.2 Å². The first kappa shape index (κ1) is 33.0. The van der Waals surface area contributed by atoms with Gasteiger partial charge < -0.3 is 48.1 Å². The molecule has 11 N–H and O–H groups in total. The van der Waals surface area contributed by atoms with Gasteiger partial charge in [-0.1, -0.05) is 13.8 Å². The van der Waals surface area contributed by atoms with Crippen LogP contribution in [0.25, 0.3) is 0 Å². The number of H-pyrrole nitrogens is 1. The van der Waals surface area contributed by atoms with Crippen LogP contribution in [-0.4, -0.2) is 98.8 Å². The van der Waals surface area contributed by atoms with Crippen molar-refractivity contribution in [3.05, 3.63) is 18.2 Å². The third kappa shape index (κ3) is 10.0. The average Bonchev–Trinajstić information content (AvgIpc) is 3.61. The second-order valence-electron chi connectivity index (χ2n) is 10.4. The highest BCUT2D eigenvalue weighted by Crippen LogP contribution is 2.19. The molecule has 1 aliphatic rings. The highest BCUT2D eigenvalue weighted by Gasteiger charge is 2.38. The number of carboxylic acids is 1. The van der Waals surface area contributed by atoms with Crippen LogP contribution in [0, 0.1) is 5.92 Å². The number of aliphatic imine (C=N–C) groups is 1. The van der Waals surface area contributed by atoms with E-state index in [1.165, 1.54) is 24.3 Å². The molecule has 5 atom stereocenters. The average molecular weight is 579 g/mol. The van der Waals surface area contributed by atoms with Crippen molar-refractivity contribution in [3.8, 4) is 0 Å². The van der Waals surface area contributed by atoms with Gasteiger partial charge in [-0.15, -0.1) is 0 Å². The summed E-state index contributed by atoms with van der Waals surface area (Å²) in [5, 5.41) is 17.4. The fourth-order valence-electron chi connectivity index (χ4n) is 4.35. The highest BCUT2D eigenvalue weighted by atomic mass is 16.4. The van der Waals surface area contributed by atoms with Gasteiger partial charge in [0.05, 0.1) is 12.4 Å². The molecule has 0 radical (unpaired) electrons. The largest absolute Gasteiger partial charge is 0.480 e. The van der Waals surface area contributed by atoms with E-state index in [9.17, 15) is 29.1 Å². The Morgan fingerprint density at radius 2 is 1.83 bits per heavy atom. The lowest BCUT2D eigenvalue weighted by Crippen LogP contribution is -2.58. The van der Waals surface area contributed by atoms with E-state index in [4.69, 9.17) is 17.2 Å². The summed E-state index contributed by atoms with van der Waals surface area (Å²) < 4.78 is 0. The molecule has 4 amide bonds. The number of nitrogens with one attached hydrogen (secondary N) is 4. The number of carbonyl (C=O) groups excluding carboxylic acids is 4. The van der Waals surface area contributed by atoms with Crippen LogP contribution in [-0.2, 0) is 30.4 Å². The van der Waals surface area contributed by atoms with Gasteiger partial charge in [-0.05, 0) is 38.5 Å². The maximum absolute atomic E-state index is 13.3. The van der Waals surface area contributed by atoms with Crippen molar-refractivity contribution in [2.45, 2.75) is 83.1 Å². The van der Waals surface area contributed by atoms with Crippen molar-refractivity contribution in [3.63, 3.8) is 0 Å². The molecule has 2 heterocycles. The number of amides is 4. The zero-order valence-corrected chi connectivity index (χ0v) is 23.6. The molecule has 1 saturated heterocycles. The lowest BCUT2D eigenvalue weighted by Gasteiger charge is -2.29. The second kappa shape index (κ2) is 15.5. The van der Waals surface area contributed by atoms with Crippen molar-refractivity contribution < 1.29 is 29.1 Å². The number of hydrogen-bond acceptors (Lipinski definition) is 8. The number of imidazole rings is 1. The summed E-state index contributed by atoms with van der Waals surface area (Å²) in [5.74, 6) is -3.73. The molecule has 1 fully saturated rings. The van der Waals surface area contributed by atoms with Crippen LogP contribution in [0.5, 0.6) is 0 Å². The van der Waals surface area contributed by atoms with Gasteiger partial charge in [0.15, 0.2) is 5.96 Å². The Morgan fingerprint density at radius 1 is 1.12 bits per heavy atom. The number of hydrogen-bond donors (Lipinski definition) is 8. The number of aliphatic carboxylic acids is 1. The highest BCUT2D eigenvalue weighted by molar-refractivity contribution is 5.95. The van der Waals surface area contributed by atoms with Crippen LogP contribution in [0.4, 0.5) is 0 Å². The van der Waals surface area contributed by atoms with Crippen LogP contribution < -0.4 is 33.2 Å². The SMILES string of the molecule is CC(C)[C@H](N)C(=O)N[C@@H](C)C(=O)N1CCC[C@H]1C(=O)N[C@@H](CCCN=C(N)N)C(=O)N[C@@H](Cc1cnc[nH]1)C(=O)O. The number of aromatic nitrogens is 2. The third-order valence-electron chi connectivity index (χ3n) is 6.76. The molecule has 1 aromatic heterocycles. The molecule has 228 valence electrons. The minimum absolute atomic E-state index is 0.0509. The number of nitrogens with zero attached hydrogens (tertiary/aromatic N) is 3. The van der Waals surface area contributed by atoms with E-state index in [1.807, 2.05) is 0 Å². The van der Waals surface area contributed by atoms with Gasteiger partial charge in [-0.25, -0.2) is 9.78 Å². The molecule has 1 aliphatic heterocycles. The Labute approximate surface area is 238 Å². The van der Waals surface area contributed by atoms with Gasteiger partial charge in [-0.3, -0.25) is 24.2 Å². The van der Waals surface area contributed by atoms with E-state index in [2.05, 4.69) is 30.9 Å². The molecule has 41 heavy (non-hydrogen) atoms. The molecular formula is C25H42N10O6. The zero-order valence-electron chi connectivity index (χ0n) is 23.6. The molecular weight excluding hydrogens is 536 g/mol. The summed E-state index contributed by atoms with van der Waals surface area (Å²) >= 11 is 0. The van der Waals surface area contributed by atoms with E-state index in [-0.39, 0.29) is 31.3 Å². The second-order valence-corrected chi connectivity index (χ2v) is 10.4. The van der Waals surface area contributed by atoms with Crippen LogP contribution in [0.1, 0.15) is 52.1 Å². The van der Waals surface area contributed by atoms with Gasteiger partial charge in [-0.2, -0.15) is 0 Å². The van der Waals surface area contributed by atoms with Crippen molar-refractivity contribution in [1.29, 1.82) is 0 Å². The summed E-state index contributed by atoms with van der Waals surface area (Å²) in [6.07, 6.45) is 4.09. The fourth-order valence-corrected chi connectivity index (χ4v) is 4.35. The molecule has 0 saturated carbocycles. The monoisotopic (exact) mass is 578 g/mol. The molecule has 0 aliphatic carbocycles. The predicted molar refractivity (Wildman–Crippen MR) is 149 cm³/mol. The Morgan fingerprint density at radius 3 is 2.41 bits per heavy atom. The Kier molecular flexibility index (Phi) is 12.5. The minimum atomic E-state index is -1.29. The maximum Gasteiger partial charge on any atom is 0.326 e. The number of carboxylic acid groups (broad SMARTS) is 1. The van der Waals surface area contributed by atoms with Gasteiger partial charge >= 0.3 is 5.97 Å². The van der Waals surface area contributed by atoms with Crippen molar-refractivity contribution in [1.82, 2.24) is 30.8 Å². The van der Waals surface area contributed by atoms with E-state index >= 15 is 0 Å². The zero-order chi connectivity index (χ0) is 30.7. The molecule has 16 nitrogen and oxygen atoms in total. The Hall–Kier alpha value is -4.21. The van der Waals surface area contributed by atoms with E-state index < -0.39 is 59.8 Å². The first-order valence-corrected chi connectivity index (χ1v) is 13.5. The number of rotatable bonds is 15. The molecule has 2 rings (SSSR count). The van der Waals surface area contributed by atoms with E-state index in [0.717, 1.165) is 0 Å². The van der Waals surface area contributed by atoms with E-state index in [0.29, 0.717) is 31.5 Å². The summed E-state index contributed by atoms with van der Waals surface area (Å²) in [7, 11) is 0. The molecule has 1 aromatic rings. The van der Waals surface area contributed by atoms with Gasteiger partial charge in [0.25, 0.3) is 0 Å². The fraction of sp³-hybridized carbons (Fsp3) is 0.640. The molecule has 0 spiro atoms. The summed E-state index contributed by atoms with van der Waals surface area (Å²) in [4.78, 5) is 75.7. The molecule has 0 aromatic carbocycles. The number of guanidine groups is 1. The van der Waals surface area contributed by atoms with Crippen LogP contribution in [0.2, 0.25) is 0 Å². The van der Waals surface area contributed by atoms with E-state index in [1.54, 1.807) is 13.8 Å². The predicted octanol–water partition coefficient (Wildman–Crippen LogP) is -2.46. The van der Waals surface area contributed by atoms with Crippen molar-refractivity contribution >= 4 is 35.6 Å². The lowest BCUT2D eigenvalue weighted by molar-refractivity contribution is -0.143. The van der Waals surface area contributed by atoms with Crippen LogP contribution >= 0.6 is 0 Å². The quantitative estimate of drug-likeness (QED) is 0.0618. The third-order valence-corrected chi connectivity index (χ3v) is 6.76. The van der Waals surface area contributed by atoms with Crippen molar-refractivity contribution in [2.24, 2.45) is 28.1 Å².